The largest absolute Gasteiger partial charge is 0.348 e. The first-order valence-electron chi connectivity index (χ1n) is 8.15. The zero-order chi connectivity index (χ0) is 19.3. The second-order valence-corrected chi connectivity index (χ2v) is 7.84. The van der Waals surface area contributed by atoms with Gasteiger partial charge in [-0.3, -0.25) is 9.52 Å². The fraction of sp³-hybridized carbons (Fsp3) is 0.0500. The van der Waals surface area contributed by atoms with E-state index in [0.29, 0.717) is 12.2 Å². The third kappa shape index (κ3) is 4.87. The lowest BCUT2D eigenvalue weighted by atomic mass is 10.2. The molecule has 0 aliphatic heterocycles. The highest BCUT2D eigenvalue weighted by Gasteiger charge is 2.20. The number of amides is 1. The summed E-state index contributed by atoms with van der Waals surface area (Å²) in [4.78, 5) is 12.2. The lowest BCUT2D eigenvalue weighted by Crippen LogP contribution is -2.23. The van der Waals surface area contributed by atoms with Crippen LogP contribution in [0.1, 0.15) is 15.9 Å². The number of hydrogen-bond donors (Lipinski definition) is 2. The normalized spacial score (nSPS) is 11.0. The zero-order valence-corrected chi connectivity index (χ0v) is 15.8. The summed E-state index contributed by atoms with van der Waals surface area (Å²) in [6, 6.07) is 22.1. The van der Waals surface area contributed by atoms with Crippen molar-refractivity contribution in [2.24, 2.45) is 0 Å². The highest BCUT2D eigenvalue weighted by molar-refractivity contribution is 7.92. The molecule has 0 atom stereocenters. The van der Waals surface area contributed by atoms with Gasteiger partial charge in [-0.05, 0) is 35.9 Å². The molecule has 0 aliphatic rings. The summed E-state index contributed by atoms with van der Waals surface area (Å²) in [5, 5.41) is 2.81. The topological polar surface area (TPSA) is 75.3 Å². The van der Waals surface area contributed by atoms with Gasteiger partial charge in [-0.15, -0.1) is 0 Å². The Morgan fingerprint density at radius 3 is 2.19 bits per heavy atom. The number of para-hydroxylation sites is 1. The average molecular weight is 401 g/mol. The second kappa shape index (κ2) is 8.24. The maximum Gasteiger partial charge on any atom is 0.263 e. The minimum atomic E-state index is -3.93. The minimum Gasteiger partial charge on any atom is -0.348 e. The predicted molar refractivity (Wildman–Crippen MR) is 106 cm³/mol. The predicted octanol–water partition coefficient (Wildman–Crippen LogP) is 4.07. The summed E-state index contributed by atoms with van der Waals surface area (Å²) in [5.41, 5.74) is 1.56. The number of sulfonamides is 1. The van der Waals surface area contributed by atoms with Crippen molar-refractivity contribution in [3.05, 3.63) is 95.0 Å². The van der Waals surface area contributed by atoms with Crippen molar-refractivity contribution in [1.82, 2.24) is 5.32 Å². The van der Waals surface area contributed by atoms with E-state index in [2.05, 4.69) is 10.0 Å². The van der Waals surface area contributed by atoms with Crippen molar-refractivity contribution in [1.29, 1.82) is 0 Å². The van der Waals surface area contributed by atoms with Gasteiger partial charge in [0.1, 0.15) is 4.90 Å². The fourth-order valence-corrected chi connectivity index (χ4v) is 4.03. The van der Waals surface area contributed by atoms with Gasteiger partial charge >= 0.3 is 0 Å². The van der Waals surface area contributed by atoms with Crippen LogP contribution in [0.4, 0.5) is 5.69 Å². The molecule has 3 rings (SSSR count). The molecule has 0 unspecified atom stereocenters. The van der Waals surface area contributed by atoms with Gasteiger partial charge in [0.05, 0.1) is 5.02 Å². The van der Waals surface area contributed by atoms with Gasteiger partial charge in [-0.1, -0.05) is 60.1 Å². The van der Waals surface area contributed by atoms with Crippen molar-refractivity contribution in [2.45, 2.75) is 11.4 Å². The smallest absolute Gasteiger partial charge is 0.263 e. The Kier molecular flexibility index (Phi) is 5.78. The van der Waals surface area contributed by atoms with E-state index >= 15 is 0 Å². The van der Waals surface area contributed by atoms with Crippen LogP contribution in [-0.2, 0) is 16.6 Å². The minimum absolute atomic E-state index is 0.0399. The van der Waals surface area contributed by atoms with Crippen molar-refractivity contribution in [3.63, 3.8) is 0 Å². The highest BCUT2D eigenvalue weighted by Crippen LogP contribution is 2.25. The third-order valence-corrected chi connectivity index (χ3v) is 5.67. The first kappa shape index (κ1) is 18.9. The summed E-state index contributed by atoms with van der Waals surface area (Å²) in [6.07, 6.45) is 0. The molecule has 0 radical (unpaired) electrons. The third-order valence-electron chi connectivity index (χ3n) is 3.80. The molecular formula is C20H17ClN2O3S. The van der Waals surface area contributed by atoms with Gasteiger partial charge in [0.2, 0.25) is 0 Å². The Labute approximate surface area is 163 Å². The summed E-state index contributed by atoms with van der Waals surface area (Å²) in [7, 11) is -3.93. The molecule has 138 valence electrons. The van der Waals surface area contributed by atoms with Gasteiger partial charge in [0.15, 0.2) is 0 Å². The molecule has 0 spiro atoms. The van der Waals surface area contributed by atoms with Crippen molar-refractivity contribution in [2.75, 3.05) is 4.72 Å². The van der Waals surface area contributed by atoms with E-state index in [1.54, 1.807) is 30.3 Å². The Bertz CT molecular complexity index is 1040. The van der Waals surface area contributed by atoms with Crippen LogP contribution in [0, 0.1) is 0 Å². The Hall–Kier alpha value is -2.83. The molecule has 5 nitrogen and oxygen atoms in total. The van der Waals surface area contributed by atoms with E-state index in [9.17, 15) is 13.2 Å². The monoisotopic (exact) mass is 400 g/mol. The number of carbonyl (C=O) groups is 1. The van der Waals surface area contributed by atoms with Crippen LogP contribution >= 0.6 is 11.6 Å². The summed E-state index contributed by atoms with van der Waals surface area (Å²) in [5.74, 6) is -0.383. The molecule has 0 saturated heterocycles. The molecule has 0 bridgehead atoms. The Morgan fingerprint density at radius 1 is 0.889 bits per heavy atom. The molecule has 0 heterocycles. The van der Waals surface area contributed by atoms with E-state index in [1.807, 2.05) is 30.3 Å². The van der Waals surface area contributed by atoms with Crippen LogP contribution in [0.2, 0.25) is 5.02 Å². The maximum atomic E-state index is 12.6. The first-order chi connectivity index (χ1) is 13.0. The van der Waals surface area contributed by atoms with E-state index in [-0.39, 0.29) is 21.4 Å². The van der Waals surface area contributed by atoms with E-state index in [1.165, 1.54) is 18.2 Å². The Morgan fingerprint density at radius 2 is 1.52 bits per heavy atom. The zero-order valence-electron chi connectivity index (χ0n) is 14.2. The van der Waals surface area contributed by atoms with Crippen LogP contribution < -0.4 is 10.0 Å². The molecule has 0 fully saturated rings. The number of carbonyl (C=O) groups excluding carboxylic acids is 1. The van der Waals surface area contributed by atoms with Gasteiger partial charge in [0.25, 0.3) is 15.9 Å². The van der Waals surface area contributed by atoms with Crippen LogP contribution in [0.15, 0.2) is 83.8 Å². The summed E-state index contributed by atoms with van der Waals surface area (Å²) >= 11 is 6.07. The second-order valence-electron chi connectivity index (χ2n) is 5.79. The molecule has 0 saturated carbocycles. The number of halogens is 1. The molecule has 7 heteroatoms. The number of anilines is 1. The van der Waals surface area contributed by atoms with Crippen LogP contribution in [0.3, 0.4) is 0 Å². The first-order valence-corrected chi connectivity index (χ1v) is 10.0. The molecule has 0 aliphatic carbocycles. The number of rotatable bonds is 6. The van der Waals surface area contributed by atoms with Crippen LogP contribution in [-0.4, -0.2) is 14.3 Å². The van der Waals surface area contributed by atoms with E-state index in [4.69, 9.17) is 11.6 Å². The van der Waals surface area contributed by atoms with Crippen molar-refractivity contribution >= 4 is 33.2 Å². The van der Waals surface area contributed by atoms with Gasteiger partial charge in [0, 0.05) is 17.8 Å². The van der Waals surface area contributed by atoms with Gasteiger partial charge < -0.3 is 5.32 Å². The molecule has 3 aromatic carbocycles. The van der Waals surface area contributed by atoms with Crippen molar-refractivity contribution < 1.29 is 13.2 Å². The average Bonchev–Trinajstić information content (AvgIpc) is 2.67. The summed E-state index contributed by atoms with van der Waals surface area (Å²) < 4.78 is 27.8. The quantitative estimate of drug-likeness (QED) is 0.654. The lowest BCUT2D eigenvalue weighted by Gasteiger charge is -2.11. The SMILES string of the molecule is O=C(NCc1ccccc1)c1ccc(Cl)c(S(=O)(=O)Nc2ccccc2)c1. The molecule has 0 aromatic heterocycles. The maximum absolute atomic E-state index is 12.6. The van der Waals surface area contributed by atoms with Crippen LogP contribution in [0.25, 0.3) is 0 Å². The lowest BCUT2D eigenvalue weighted by molar-refractivity contribution is 0.0950. The Balaban J connectivity index is 1.80. The van der Waals surface area contributed by atoms with Crippen molar-refractivity contribution in [3.8, 4) is 0 Å². The standard InChI is InChI=1S/C20H17ClN2O3S/c21-18-12-11-16(20(24)22-14-15-7-3-1-4-8-15)13-19(18)27(25,26)23-17-9-5-2-6-10-17/h1-13,23H,14H2,(H,22,24). The number of hydrogen-bond acceptors (Lipinski definition) is 3. The molecule has 27 heavy (non-hydrogen) atoms. The van der Waals surface area contributed by atoms with E-state index in [0.717, 1.165) is 5.56 Å². The number of benzene rings is 3. The number of nitrogens with one attached hydrogen (secondary N) is 2. The molecule has 2 N–H and O–H groups in total. The fourth-order valence-electron chi connectivity index (χ4n) is 2.45. The summed E-state index contributed by atoms with van der Waals surface area (Å²) in [6.45, 7) is 0.340. The highest BCUT2D eigenvalue weighted by atomic mass is 35.5. The molecular weight excluding hydrogens is 384 g/mol. The van der Waals surface area contributed by atoms with Crippen LogP contribution in [0.5, 0.6) is 0 Å². The van der Waals surface area contributed by atoms with Gasteiger partial charge in [-0.2, -0.15) is 0 Å². The van der Waals surface area contributed by atoms with E-state index < -0.39 is 10.0 Å². The molecule has 1 amide bonds. The molecule has 3 aromatic rings. The van der Waals surface area contributed by atoms with Gasteiger partial charge in [-0.25, -0.2) is 8.42 Å².